The number of hydrogen-bond acceptors (Lipinski definition) is 3. The summed E-state index contributed by atoms with van der Waals surface area (Å²) in [6, 6.07) is 9.85. The van der Waals surface area contributed by atoms with E-state index >= 15 is 0 Å². The summed E-state index contributed by atoms with van der Waals surface area (Å²) in [5, 5.41) is 7.63. The van der Waals surface area contributed by atoms with E-state index in [1.165, 1.54) is 0 Å². The number of nitrogens with one attached hydrogen (secondary N) is 1. The Hall–Kier alpha value is -2.14. The molecule has 0 radical (unpaired) electrons. The van der Waals surface area contributed by atoms with Crippen LogP contribution in [0.3, 0.4) is 0 Å². The zero-order valence-electron chi connectivity index (χ0n) is 11.8. The number of carbonyl (C=O) groups is 1. The van der Waals surface area contributed by atoms with Crippen molar-refractivity contribution in [2.24, 2.45) is 7.05 Å². The van der Waals surface area contributed by atoms with E-state index < -0.39 is 0 Å². The number of amides is 1. The number of fused-ring (bicyclic) bond motifs is 1. The van der Waals surface area contributed by atoms with Gasteiger partial charge in [-0.1, -0.05) is 18.2 Å². The number of carbonyl (C=O) groups excluding carboxylic acids is 1. The van der Waals surface area contributed by atoms with Crippen molar-refractivity contribution < 1.29 is 4.79 Å². The van der Waals surface area contributed by atoms with Gasteiger partial charge in [-0.3, -0.25) is 9.48 Å². The Bertz CT molecular complexity index is 628. The van der Waals surface area contributed by atoms with Crippen LogP contribution in [0.1, 0.15) is 21.7 Å². The van der Waals surface area contributed by atoms with E-state index in [0.717, 1.165) is 30.0 Å². The molecule has 2 heterocycles. The first kappa shape index (κ1) is 12.9. The molecule has 0 saturated carbocycles. The molecule has 0 aliphatic carbocycles. The van der Waals surface area contributed by atoms with Crippen LogP contribution >= 0.6 is 0 Å². The van der Waals surface area contributed by atoms with Crippen LogP contribution in [0.5, 0.6) is 0 Å². The van der Waals surface area contributed by atoms with Gasteiger partial charge >= 0.3 is 0 Å². The maximum Gasteiger partial charge on any atom is 0.278 e. The van der Waals surface area contributed by atoms with Gasteiger partial charge in [-0.15, -0.1) is 0 Å². The highest BCUT2D eigenvalue weighted by Crippen LogP contribution is 2.23. The van der Waals surface area contributed by atoms with Gasteiger partial charge < -0.3 is 10.2 Å². The highest BCUT2D eigenvalue weighted by molar-refractivity contribution is 6.05. The molecule has 2 aromatic rings. The molecule has 0 fully saturated rings. The number of rotatable bonds is 1. The molecule has 0 atom stereocenters. The monoisotopic (exact) mass is 270 g/mol. The second-order valence-corrected chi connectivity index (χ2v) is 5.06. The molecule has 1 aliphatic heterocycles. The topological polar surface area (TPSA) is 50.2 Å². The van der Waals surface area contributed by atoms with Crippen molar-refractivity contribution in [3.05, 3.63) is 47.3 Å². The van der Waals surface area contributed by atoms with Crippen LogP contribution in [-0.4, -0.2) is 28.8 Å². The van der Waals surface area contributed by atoms with Gasteiger partial charge in [0, 0.05) is 38.1 Å². The van der Waals surface area contributed by atoms with Crippen LogP contribution in [-0.2, 0) is 13.6 Å². The molecular formula is C15H18N4O. The number of anilines is 1. The molecule has 1 aromatic carbocycles. The number of benzene rings is 1. The summed E-state index contributed by atoms with van der Waals surface area (Å²) in [5.41, 5.74) is 3.60. The van der Waals surface area contributed by atoms with E-state index in [4.69, 9.17) is 0 Å². The number of para-hydroxylation sites is 1. The third-order valence-electron chi connectivity index (χ3n) is 3.69. The van der Waals surface area contributed by atoms with Gasteiger partial charge in [0.1, 0.15) is 0 Å². The van der Waals surface area contributed by atoms with Crippen LogP contribution < -0.4 is 10.2 Å². The minimum absolute atomic E-state index is 0.0372. The summed E-state index contributed by atoms with van der Waals surface area (Å²) in [5.74, 6) is -0.0372. The SMILES string of the molecule is Cc1cc(C(=O)N2CCNCc3ccccc32)nn1C. The molecule has 1 aliphatic rings. The lowest BCUT2D eigenvalue weighted by atomic mass is 10.1. The second-order valence-electron chi connectivity index (χ2n) is 5.06. The fraction of sp³-hybridized carbons (Fsp3) is 0.333. The van der Waals surface area contributed by atoms with Crippen LogP contribution in [0.25, 0.3) is 0 Å². The van der Waals surface area contributed by atoms with Gasteiger partial charge in [0.15, 0.2) is 5.69 Å². The Balaban J connectivity index is 1.99. The number of aryl methyl sites for hydroxylation is 2. The average molecular weight is 270 g/mol. The van der Waals surface area contributed by atoms with Gasteiger partial charge in [0.2, 0.25) is 0 Å². The van der Waals surface area contributed by atoms with Crippen LogP contribution in [0, 0.1) is 6.92 Å². The fourth-order valence-corrected chi connectivity index (χ4v) is 2.47. The van der Waals surface area contributed by atoms with Crippen LogP contribution in [0.2, 0.25) is 0 Å². The molecule has 0 spiro atoms. The van der Waals surface area contributed by atoms with E-state index in [-0.39, 0.29) is 5.91 Å². The molecule has 1 N–H and O–H groups in total. The summed E-state index contributed by atoms with van der Waals surface area (Å²) in [6.07, 6.45) is 0. The summed E-state index contributed by atoms with van der Waals surface area (Å²) in [6.45, 7) is 4.18. The fourth-order valence-electron chi connectivity index (χ4n) is 2.47. The molecule has 20 heavy (non-hydrogen) atoms. The van der Waals surface area contributed by atoms with Crippen molar-refractivity contribution in [2.45, 2.75) is 13.5 Å². The molecule has 0 saturated heterocycles. The Labute approximate surface area is 118 Å². The molecular weight excluding hydrogens is 252 g/mol. The molecule has 5 heteroatoms. The van der Waals surface area contributed by atoms with Gasteiger partial charge in [-0.25, -0.2) is 0 Å². The third kappa shape index (κ3) is 2.20. The first-order valence-corrected chi connectivity index (χ1v) is 6.78. The standard InChI is InChI=1S/C15H18N4O/c1-11-9-13(17-18(11)2)15(20)19-8-7-16-10-12-5-3-4-6-14(12)19/h3-6,9,16H,7-8,10H2,1-2H3. The molecule has 104 valence electrons. The van der Waals surface area contributed by atoms with Gasteiger partial charge in [-0.05, 0) is 24.6 Å². The number of hydrogen-bond donors (Lipinski definition) is 1. The quantitative estimate of drug-likeness (QED) is 0.854. The lowest BCUT2D eigenvalue weighted by molar-refractivity contribution is 0.0982. The maximum atomic E-state index is 12.7. The Morgan fingerprint density at radius 2 is 2.15 bits per heavy atom. The van der Waals surface area contributed by atoms with Gasteiger partial charge in [0.25, 0.3) is 5.91 Å². The van der Waals surface area contributed by atoms with E-state index in [2.05, 4.69) is 16.5 Å². The maximum absolute atomic E-state index is 12.7. The van der Waals surface area contributed by atoms with Gasteiger partial charge in [0.05, 0.1) is 0 Å². The summed E-state index contributed by atoms with van der Waals surface area (Å²) >= 11 is 0. The molecule has 3 rings (SSSR count). The second kappa shape index (κ2) is 5.09. The Morgan fingerprint density at radius 1 is 1.35 bits per heavy atom. The van der Waals surface area contributed by atoms with Crippen LogP contribution in [0.4, 0.5) is 5.69 Å². The Morgan fingerprint density at radius 3 is 2.90 bits per heavy atom. The van der Waals surface area contributed by atoms with Gasteiger partial charge in [-0.2, -0.15) is 5.10 Å². The summed E-state index contributed by atoms with van der Waals surface area (Å²) < 4.78 is 1.73. The lowest BCUT2D eigenvalue weighted by Gasteiger charge is -2.21. The normalized spacial score (nSPS) is 14.8. The smallest absolute Gasteiger partial charge is 0.278 e. The van der Waals surface area contributed by atoms with Crippen molar-refractivity contribution in [1.29, 1.82) is 0 Å². The summed E-state index contributed by atoms with van der Waals surface area (Å²) in [7, 11) is 1.85. The van der Waals surface area contributed by atoms with Crippen LogP contribution in [0.15, 0.2) is 30.3 Å². The first-order valence-electron chi connectivity index (χ1n) is 6.78. The zero-order valence-corrected chi connectivity index (χ0v) is 11.8. The van der Waals surface area contributed by atoms with E-state index in [1.807, 2.05) is 43.1 Å². The van der Waals surface area contributed by atoms with Crippen molar-refractivity contribution in [3.8, 4) is 0 Å². The highest BCUT2D eigenvalue weighted by atomic mass is 16.2. The first-order chi connectivity index (χ1) is 9.66. The summed E-state index contributed by atoms with van der Waals surface area (Å²) in [4.78, 5) is 14.5. The third-order valence-corrected chi connectivity index (χ3v) is 3.69. The van der Waals surface area contributed by atoms with Crippen molar-refractivity contribution >= 4 is 11.6 Å². The molecule has 0 bridgehead atoms. The number of aromatic nitrogens is 2. The molecule has 0 unspecified atom stereocenters. The average Bonchev–Trinajstić information content (AvgIpc) is 2.68. The molecule has 5 nitrogen and oxygen atoms in total. The zero-order chi connectivity index (χ0) is 14.1. The van der Waals surface area contributed by atoms with E-state index in [1.54, 1.807) is 4.68 Å². The Kier molecular flexibility index (Phi) is 3.28. The minimum atomic E-state index is -0.0372. The molecule has 1 aromatic heterocycles. The number of nitrogens with zero attached hydrogens (tertiary/aromatic N) is 3. The molecule has 1 amide bonds. The lowest BCUT2D eigenvalue weighted by Crippen LogP contribution is -2.35. The van der Waals surface area contributed by atoms with E-state index in [0.29, 0.717) is 12.2 Å². The van der Waals surface area contributed by atoms with Crippen molar-refractivity contribution in [1.82, 2.24) is 15.1 Å². The van der Waals surface area contributed by atoms with E-state index in [9.17, 15) is 4.79 Å². The largest absolute Gasteiger partial charge is 0.311 e. The highest BCUT2D eigenvalue weighted by Gasteiger charge is 2.23. The van der Waals surface area contributed by atoms with Crippen molar-refractivity contribution in [3.63, 3.8) is 0 Å². The predicted octanol–water partition coefficient (Wildman–Crippen LogP) is 1.48. The van der Waals surface area contributed by atoms with Crippen molar-refractivity contribution in [2.75, 3.05) is 18.0 Å². The minimum Gasteiger partial charge on any atom is -0.311 e. The predicted molar refractivity (Wildman–Crippen MR) is 77.8 cm³/mol.